The predicted octanol–water partition coefficient (Wildman–Crippen LogP) is 0.169. The highest BCUT2D eigenvalue weighted by molar-refractivity contribution is 5.77. The number of hydrogen-bond acceptors (Lipinski definition) is 6. The second-order valence-electron chi connectivity index (χ2n) is 4.93. The maximum Gasteiger partial charge on any atom is 0.248 e. The number of amides is 1. The average Bonchev–Trinajstić information content (AvgIpc) is 2.88. The highest BCUT2D eigenvalue weighted by atomic mass is 16.5. The fourth-order valence-electron chi connectivity index (χ4n) is 2.05. The van der Waals surface area contributed by atoms with Crippen LogP contribution in [-0.4, -0.2) is 68.0 Å². The molecular formula is C13H20N4O3. The Labute approximate surface area is 118 Å². The Morgan fingerprint density at radius 1 is 1.45 bits per heavy atom. The highest BCUT2D eigenvalue weighted by Crippen LogP contribution is 2.17. The monoisotopic (exact) mass is 280 g/mol. The van der Waals surface area contributed by atoms with Crippen molar-refractivity contribution in [2.24, 2.45) is 0 Å². The van der Waals surface area contributed by atoms with Crippen molar-refractivity contribution in [1.82, 2.24) is 15.1 Å². The number of carbonyl (C=O) groups excluding carboxylic acids is 1. The van der Waals surface area contributed by atoms with Crippen LogP contribution in [0.4, 0.5) is 5.82 Å². The number of rotatable bonds is 5. The first-order chi connectivity index (χ1) is 9.60. The van der Waals surface area contributed by atoms with E-state index in [-0.39, 0.29) is 18.6 Å². The minimum atomic E-state index is -0.0321. The molecule has 0 radical (unpaired) electrons. The van der Waals surface area contributed by atoms with E-state index < -0.39 is 0 Å². The quantitative estimate of drug-likeness (QED) is 0.766. The van der Waals surface area contributed by atoms with Gasteiger partial charge in [0.2, 0.25) is 11.8 Å². The summed E-state index contributed by atoms with van der Waals surface area (Å²) < 4.78 is 10.6. The molecule has 7 heteroatoms. The van der Waals surface area contributed by atoms with E-state index in [0.717, 1.165) is 12.2 Å². The van der Waals surface area contributed by atoms with E-state index in [2.05, 4.69) is 10.2 Å². The predicted molar refractivity (Wildman–Crippen MR) is 73.8 cm³/mol. The van der Waals surface area contributed by atoms with Gasteiger partial charge in [-0.1, -0.05) is 0 Å². The minimum absolute atomic E-state index is 0.00681. The number of anilines is 1. The van der Waals surface area contributed by atoms with Gasteiger partial charge in [0.15, 0.2) is 5.82 Å². The van der Waals surface area contributed by atoms with Crippen molar-refractivity contribution in [1.29, 1.82) is 0 Å². The van der Waals surface area contributed by atoms with Crippen LogP contribution in [-0.2, 0) is 9.53 Å². The van der Waals surface area contributed by atoms with Crippen molar-refractivity contribution >= 4 is 11.7 Å². The van der Waals surface area contributed by atoms with E-state index in [0.29, 0.717) is 19.0 Å². The number of ether oxygens (including phenoxy) is 2. The van der Waals surface area contributed by atoms with Gasteiger partial charge < -0.3 is 19.3 Å². The SMILES string of the molecule is COCC(=O)N1CCC(Oc2ccc(N(C)C)nn2)C1. The number of methoxy groups -OCH3 is 1. The van der Waals surface area contributed by atoms with Crippen molar-refractivity contribution in [2.75, 3.05) is 45.8 Å². The minimum Gasteiger partial charge on any atom is -0.471 e. The molecule has 0 bridgehead atoms. The molecule has 1 fully saturated rings. The Morgan fingerprint density at radius 3 is 2.85 bits per heavy atom. The zero-order valence-corrected chi connectivity index (χ0v) is 12.1. The lowest BCUT2D eigenvalue weighted by atomic mass is 10.3. The van der Waals surface area contributed by atoms with Crippen molar-refractivity contribution < 1.29 is 14.3 Å². The van der Waals surface area contributed by atoms with Crippen molar-refractivity contribution in [2.45, 2.75) is 12.5 Å². The Balaban J connectivity index is 1.87. The topological polar surface area (TPSA) is 67.8 Å². The molecule has 2 heterocycles. The van der Waals surface area contributed by atoms with E-state index in [1.165, 1.54) is 7.11 Å². The van der Waals surface area contributed by atoms with E-state index in [1.807, 2.05) is 25.1 Å². The molecule has 0 spiro atoms. The maximum atomic E-state index is 11.7. The molecule has 7 nitrogen and oxygen atoms in total. The molecule has 110 valence electrons. The van der Waals surface area contributed by atoms with E-state index >= 15 is 0 Å². The average molecular weight is 280 g/mol. The number of nitrogens with zero attached hydrogens (tertiary/aromatic N) is 4. The largest absolute Gasteiger partial charge is 0.471 e. The molecule has 1 saturated heterocycles. The van der Waals surface area contributed by atoms with Crippen molar-refractivity contribution in [3.8, 4) is 5.88 Å². The lowest BCUT2D eigenvalue weighted by Crippen LogP contribution is -2.33. The Kier molecular flexibility index (Phi) is 4.73. The third-order valence-electron chi connectivity index (χ3n) is 3.14. The van der Waals surface area contributed by atoms with E-state index in [9.17, 15) is 4.79 Å². The fraction of sp³-hybridized carbons (Fsp3) is 0.615. The molecule has 20 heavy (non-hydrogen) atoms. The summed E-state index contributed by atoms with van der Waals surface area (Å²) in [6.45, 7) is 1.37. The van der Waals surface area contributed by atoms with Crippen molar-refractivity contribution in [3.63, 3.8) is 0 Å². The summed E-state index contributed by atoms with van der Waals surface area (Å²) in [5, 5.41) is 8.08. The van der Waals surface area contributed by atoms with Crippen LogP contribution < -0.4 is 9.64 Å². The Morgan fingerprint density at radius 2 is 2.25 bits per heavy atom. The molecule has 2 rings (SSSR count). The first-order valence-corrected chi connectivity index (χ1v) is 6.54. The van der Waals surface area contributed by atoms with Gasteiger partial charge in [-0.3, -0.25) is 4.79 Å². The second-order valence-corrected chi connectivity index (χ2v) is 4.93. The molecule has 1 aromatic rings. The smallest absolute Gasteiger partial charge is 0.248 e. The summed E-state index contributed by atoms with van der Waals surface area (Å²) in [5.41, 5.74) is 0. The van der Waals surface area contributed by atoms with Crippen LogP contribution in [0, 0.1) is 0 Å². The number of carbonyl (C=O) groups is 1. The van der Waals surface area contributed by atoms with Crippen molar-refractivity contribution in [3.05, 3.63) is 12.1 Å². The van der Waals surface area contributed by atoms with Crippen LogP contribution in [0.2, 0.25) is 0 Å². The first-order valence-electron chi connectivity index (χ1n) is 6.54. The summed E-state index contributed by atoms with van der Waals surface area (Å²) in [5.74, 6) is 1.26. The molecule has 0 saturated carbocycles. The number of aromatic nitrogens is 2. The van der Waals surface area contributed by atoms with Gasteiger partial charge in [-0.15, -0.1) is 10.2 Å². The van der Waals surface area contributed by atoms with Gasteiger partial charge in [0.25, 0.3) is 0 Å². The standard InChI is InChI=1S/C13H20N4O3/c1-16(2)11-4-5-12(15-14-11)20-10-6-7-17(8-10)13(18)9-19-3/h4-5,10H,6-9H2,1-3H3. The van der Waals surface area contributed by atoms with Crippen LogP contribution in [0.1, 0.15) is 6.42 Å². The maximum absolute atomic E-state index is 11.7. The zero-order valence-electron chi connectivity index (χ0n) is 12.1. The molecular weight excluding hydrogens is 260 g/mol. The van der Waals surface area contributed by atoms with Gasteiger partial charge in [0, 0.05) is 40.2 Å². The molecule has 1 aliphatic rings. The number of likely N-dealkylation sites (tertiary alicyclic amines) is 1. The fourth-order valence-corrected chi connectivity index (χ4v) is 2.05. The molecule has 1 aromatic heterocycles. The molecule has 1 aliphatic heterocycles. The van der Waals surface area contributed by atoms with Crippen LogP contribution in [0.15, 0.2) is 12.1 Å². The van der Waals surface area contributed by atoms with Gasteiger partial charge in [0.05, 0.1) is 6.54 Å². The van der Waals surface area contributed by atoms with Crippen LogP contribution in [0.25, 0.3) is 0 Å². The molecule has 0 aliphatic carbocycles. The highest BCUT2D eigenvalue weighted by Gasteiger charge is 2.27. The van der Waals surface area contributed by atoms with Gasteiger partial charge >= 0.3 is 0 Å². The van der Waals surface area contributed by atoms with Gasteiger partial charge in [-0.2, -0.15) is 0 Å². The van der Waals surface area contributed by atoms with Gasteiger partial charge in [0.1, 0.15) is 12.7 Å². The molecule has 1 unspecified atom stereocenters. The van der Waals surface area contributed by atoms with E-state index in [4.69, 9.17) is 9.47 Å². The summed E-state index contributed by atoms with van der Waals surface area (Å²) in [7, 11) is 5.32. The Bertz CT molecular complexity index is 449. The van der Waals surface area contributed by atoms with Gasteiger partial charge in [-0.25, -0.2) is 0 Å². The molecule has 1 amide bonds. The summed E-state index contributed by atoms with van der Waals surface area (Å²) in [4.78, 5) is 15.3. The lowest BCUT2D eigenvalue weighted by Gasteiger charge is -2.16. The third-order valence-corrected chi connectivity index (χ3v) is 3.14. The summed E-state index contributed by atoms with van der Waals surface area (Å²) in [6.07, 6.45) is 0.766. The van der Waals surface area contributed by atoms with Crippen LogP contribution in [0.3, 0.4) is 0 Å². The molecule has 0 N–H and O–H groups in total. The first kappa shape index (κ1) is 14.5. The summed E-state index contributed by atoms with van der Waals surface area (Å²) >= 11 is 0. The zero-order chi connectivity index (χ0) is 14.5. The van der Waals surface area contributed by atoms with Crippen LogP contribution in [0.5, 0.6) is 5.88 Å². The second kappa shape index (κ2) is 6.51. The normalized spacial score (nSPS) is 18.1. The lowest BCUT2D eigenvalue weighted by molar-refractivity contribution is -0.134. The van der Waals surface area contributed by atoms with E-state index in [1.54, 1.807) is 11.0 Å². The Hall–Kier alpha value is -1.89. The molecule has 1 atom stereocenters. The third kappa shape index (κ3) is 3.57. The van der Waals surface area contributed by atoms with Crippen LogP contribution >= 0.6 is 0 Å². The number of hydrogen-bond donors (Lipinski definition) is 0. The molecule has 0 aromatic carbocycles. The van der Waals surface area contributed by atoms with Gasteiger partial charge in [-0.05, 0) is 6.07 Å². The summed E-state index contributed by atoms with van der Waals surface area (Å²) in [6, 6.07) is 3.65.